The third-order valence-electron chi connectivity index (χ3n) is 23.0. The number of anilines is 7. The normalized spacial score (nSPS) is 24.7. The number of fused-ring (bicyclic) bond motifs is 13. The van der Waals surface area contributed by atoms with Crippen molar-refractivity contribution in [3.8, 4) is 22.3 Å². The molecular formula is C77H90BN3. The summed E-state index contributed by atoms with van der Waals surface area (Å²) >= 11 is 0. The summed E-state index contributed by atoms with van der Waals surface area (Å²) in [5.41, 5.74) is 30.3. The van der Waals surface area contributed by atoms with E-state index in [0.29, 0.717) is 0 Å². The summed E-state index contributed by atoms with van der Waals surface area (Å²) in [7, 11) is 0. The van der Waals surface area contributed by atoms with Gasteiger partial charge in [0, 0.05) is 55.9 Å². The Morgan fingerprint density at radius 1 is 0.383 bits per heavy atom. The maximum Gasteiger partial charge on any atom is 0.252 e. The molecule has 7 aromatic carbocycles. The third-order valence-corrected chi connectivity index (χ3v) is 23.0. The van der Waals surface area contributed by atoms with Crippen molar-refractivity contribution in [2.24, 2.45) is 0 Å². The summed E-state index contributed by atoms with van der Waals surface area (Å²) in [6, 6.07) is 50.2. The SMILES string of the molecule is CC(C)(C)c1ccc(N2c3cc4c(cc3B3c5cc(C(C)(C)C)cc6c5N(c5cc(N7c8ccc(C(C)(C)C)cc8C8(C)CCCCC78C)cc2c53)C2(C)CCCCC62C)-c2cc(C(C)(C)C)ccc2C4(C)C)c(-c2ccccc2)c1. The van der Waals surface area contributed by atoms with Crippen molar-refractivity contribution in [2.75, 3.05) is 14.7 Å². The highest BCUT2D eigenvalue weighted by Crippen LogP contribution is 2.66. The highest BCUT2D eigenvalue weighted by atomic mass is 15.3. The van der Waals surface area contributed by atoms with Crippen LogP contribution < -0.4 is 31.1 Å². The Morgan fingerprint density at radius 2 is 0.901 bits per heavy atom. The first kappa shape index (κ1) is 53.0. The zero-order chi connectivity index (χ0) is 57.3. The van der Waals surface area contributed by atoms with E-state index in [1.54, 1.807) is 5.56 Å². The Bertz CT molecular complexity index is 3830. The lowest BCUT2D eigenvalue weighted by atomic mass is 9.33. The van der Waals surface area contributed by atoms with E-state index in [4.69, 9.17) is 0 Å². The molecule has 416 valence electrons. The molecule has 4 heteroatoms. The van der Waals surface area contributed by atoms with Gasteiger partial charge in [-0.05, 0) is 175 Å². The van der Waals surface area contributed by atoms with Crippen molar-refractivity contribution < 1.29 is 0 Å². The molecule has 4 unspecified atom stereocenters. The zero-order valence-corrected chi connectivity index (χ0v) is 52.6. The molecule has 4 heterocycles. The van der Waals surface area contributed by atoms with Crippen LogP contribution in [0.3, 0.4) is 0 Å². The van der Waals surface area contributed by atoms with Gasteiger partial charge in [0.15, 0.2) is 0 Å². The Labute approximate surface area is 488 Å². The van der Waals surface area contributed by atoms with Crippen LogP contribution in [0.1, 0.15) is 221 Å². The summed E-state index contributed by atoms with van der Waals surface area (Å²) in [6.07, 6.45) is 9.69. The first-order chi connectivity index (χ1) is 37.9. The molecule has 2 fully saturated rings. The first-order valence-electron chi connectivity index (χ1n) is 31.4. The lowest BCUT2D eigenvalue weighted by Gasteiger charge is -2.54. The van der Waals surface area contributed by atoms with E-state index >= 15 is 0 Å². The molecule has 0 radical (unpaired) electrons. The molecule has 0 saturated heterocycles. The predicted octanol–water partition coefficient (Wildman–Crippen LogP) is 18.9. The Hall–Kier alpha value is -6.00. The minimum Gasteiger partial charge on any atom is -0.335 e. The van der Waals surface area contributed by atoms with Gasteiger partial charge in [-0.1, -0.05) is 221 Å². The van der Waals surface area contributed by atoms with E-state index in [9.17, 15) is 0 Å². The second-order valence-electron chi connectivity index (χ2n) is 32.1. The van der Waals surface area contributed by atoms with Crippen LogP contribution in [0.4, 0.5) is 39.8 Å². The molecule has 7 aliphatic rings. The first-order valence-corrected chi connectivity index (χ1v) is 31.4. The average molecular weight is 1070 g/mol. The Morgan fingerprint density at radius 3 is 1.53 bits per heavy atom. The second-order valence-corrected chi connectivity index (χ2v) is 32.1. The average Bonchev–Trinajstić information content (AvgIpc) is 1.73. The quantitative estimate of drug-likeness (QED) is 0.163. The van der Waals surface area contributed by atoms with Crippen molar-refractivity contribution >= 4 is 62.9 Å². The lowest BCUT2D eigenvalue weighted by Crippen LogP contribution is -2.64. The van der Waals surface area contributed by atoms with Gasteiger partial charge >= 0.3 is 0 Å². The van der Waals surface area contributed by atoms with Crippen LogP contribution in [0.5, 0.6) is 0 Å². The fourth-order valence-corrected chi connectivity index (χ4v) is 17.5. The molecule has 81 heavy (non-hydrogen) atoms. The molecule has 0 spiro atoms. The fraction of sp³-hybridized carbons (Fsp3) is 0.455. The second kappa shape index (κ2) is 16.6. The molecule has 14 rings (SSSR count). The standard InChI is InChI=1S/C77H90BN3/c1-69(2,3)48-28-31-56-54(39-48)55-45-60-64(46-57(55)73(56,13)14)79(62-32-29-49(70(4,5)6)38-53(62)47-26-20-19-21-27-47)65-43-52(80-63-33-30-50(71(7,8)9)40-58(63)74(15)34-22-24-36-76(74,80)17)44-66-67(65)78(60)61-42-51(72(10,11)12)41-59-68(61)81(66)77(18)37-25-23-35-75(59,77)16/h19-21,26-33,38-46H,22-25,34-37H2,1-18H3. The van der Waals surface area contributed by atoms with E-state index in [0.717, 1.165) is 12.8 Å². The van der Waals surface area contributed by atoms with E-state index < -0.39 is 0 Å². The van der Waals surface area contributed by atoms with Crippen LogP contribution in [0.2, 0.25) is 0 Å². The molecule has 0 amide bonds. The predicted molar refractivity (Wildman–Crippen MR) is 349 cm³/mol. The Balaban J connectivity index is 1.16. The molecule has 4 atom stereocenters. The summed E-state index contributed by atoms with van der Waals surface area (Å²) in [5, 5.41) is 0. The highest BCUT2D eigenvalue weighted by molar-refractivity contribution is 7.00. The molecule has 4 aliphatic heterocycles. The van der Waals surface area contributed by atoms with Gasteiger partial charge in [0.25, 0.3) is 6.71 Å². The van der Waals surface area contributed by atoms with Crippen LogP contribution >= 0.6 is 0 Å². The maximum atomic E-state index is 3.00. The van der Waals surface area contributed by atoms with E-state index in [2.05, 4.69) is 261 Å². The van der Waals surface area contributed by atoms with Crippen LogP contribution in [-0.4, -0.2) is 17.8 Å². The van der Waals surface area contributed by atoms with Crippen LogP contribution in [0.25, 0.3) is 22.3 Å². The van der Waals surface area contributed by atoms with Crippen LogP contribution in [-0.2, 0) is 37.9 Å². The smallest absolute Gasteiger partial charge is 0.252 e. The van der Waals surface area contributed by atoms with Crippen molar-refractivity contribution in [3.63, 3.8) is 0 Å². The third kappa shape index (κ3) is 7.07. The van der Waals surface area contributed by atoms with Crippen LogP contribution in [0.15, 0.2) is 121 Å². The molecule has 2 saturated carbocycles. The van der Waals surface area contributed by atoms with Crippen molar-refractivity contribution in [3.05, 3.63) is 166 Å². The highest BCUT2D eigenvalue weighted by Gasteiger charge is 2.63. The zero-order valence-electron chi connectivity index (χ0n) is 52.6. The summed E-state index contributed by atoms with van der Waals surface area (Å²) in [4.78, 5) is 8.71. The van der Waals surface area contributed by atoms with Gasteiger partial charge in [-0.25, -0.2) is 0 Å². The molecule has 0 N–H and O–H groups in total. The minimum absolute atomic E-state index is 0.00276. The summed E-state index contributed by atoms with van der Waals surface area (Å²) in [6.45, 7) is 44.4. The fourth-order valence-electron chi connectivity index (χ4n) is 17.5. The van der Waals surface area contributed by atoms with Crippen LogP contribution in [0, 0.1) is 0 Å². The van der Waals surface area contributed by atoms with E-state index in [-0.39, 0.29) is 55.7 Å². The van der Waals surface area contributed by atoms with Gasteiger partial charge in [0.2, 0.25) is 0 Å². The van der Waals surface area contributed by atoms with Gasteiger partial charge in [-0.15, -0.1) is 0 Å². The molecule has 0 aromatic heterocycles. The topological polar surface area (TPSA) is 9.72 Å². The molecular weight excluding hydrogens is 978 g/mol. The van der Waals surface area contributed by atoms with Crippen molar-refractivity contribution in [1.29, 1.82) is 0 Å². The van der Waals surface area contributed by atoms with Gasteiger partial charge in [-0.3, -0.25) is 0 Å². The molecule has 0 bridgehead atoms. The number of rotatable bonds is 3. The lowest BCUT2D eigenvalue weighted by molar-refractivity contribution is 0.194. The van der Waals surface area contributed by atoms with E-state index in [1.165, 1.54) is 156 Å². The number of hydrogen-bond acceptors (Lipinski definition) is 3. The maximum absolute atomic E-state index is 3.00. The van der Waals surface area contributed by atoms with Crippen molar-refractivity contribution in [1.82, 2.24) is 0 Å². The summed E-state index contributed by atoms with van der Waals surface area (Å²) < 4.78 is 0. The summed E-state index contributed by atoms with van der Waals surface area (Å²) in [5.74, 6) is 0. The monoisotopic (exact) mass is 1070 g/mol. The number of nitrogens with zero attached hydrogens (tertiary/aromatic N) is 3. The molecule has 3 nitrogen and oxygen atoms in total. The minimum atomic E-state index is -0.214. The molecule has 7 aromatic rings. The number of benzene rings is 7. The molecule has 3 aliphatic carbocycles. The van der Waals surface area contributed by atoms with Gasteiger partial charge in [0.1, 0.15) is 0 Å². The van der Waals surface area contributed by atoms with Gasteiger partial charge in [0.05, 0.1) is 16.8 Å². The van der Waals surface area contributed by atoms with Crippen molar-refractivity contribution in [2.45, 2.75) is 225 Å². The van der Waals surface area contributed by atoms with E-state index in [1.807, 2.05) is 0 Å². The van der Waals surface area contributed by atoms with Gasteiger partial charge < -0.3 is 14.7 Å². The Kier molecular flexibility index (Phi) is 10.9. The van der Waals surface area contributed by atoms with Gasteiger partial charge in [-0.2, -0.15) is 0 Å². The largest absolute Gasteiger partial charge is 0.335 e. The number of hydrogen-bond donors (Lipinski definition) is 0.